The second-order valence-corrected chi connectivity index (χ2v) is 8.21. The minimum absolute atomic E-state index is 0. The van der Waals surface area contributed by atoms with Crippen LogP contribution in [0.3, 0.4) is 0 Å². The second-order valence-electron chi connectivity index (χ2n) is 7.04. The molecule has 30 heavy (non-hydrogen) atoms. The molecule has 0 spiro atoms. The van der Waals surface area contributed by atoms with Crippen molar-refractivity contribution in [3.63, 3.8) is 0 Å². The molecule has 0 saturated heterocycles. The molecule has 154 valence electrons. The van der Waals surface area contributed by atoms with Gasteiger partial charge in [0.25, 0.3) is 0 Å². The first kappa shape index (κ1) is 23.3. The Hall–Kier alpha value is -2.93. The molecule has 0 amide bonds. The zero-order valence-electron chi connectivity index (χ0n) is 17.7. The number of thioether (sulfide) groups is 1. The van der Waals surface area contributed by atoms with Crippen LogP contribution in [0.25, 0.3) is 0 Å². The van der Waals surface area contributed by atoms with Crippen LogP contribution in [0.5, 0.6) is 5.75 Å². The molecule has 2 nitrogen and oxygen atoms in total. The lowest BCUT2D eigenvalue weighted by atomic mass is 9.91. The Bertz CT molecular complexity index is 1050. The summed E-state index contributed by atoms with van der Waals surface area (Å²) >= 11 is 1.64. The highest BCUT2D eigenvalue weighted by Crippen LogP contribution is 2.40. The molecule has 0 fully saturated rings. The van der Waals surface area contributed by atoms with E-state index in [1.807, 2.05) is 18.2 Å². The maximum atomic E-state index is 9.89. The molecule has 0 aliphatic rings. The molecule has 4 N–H and O–H groups in total. The van der Waals surface area contributed by atoms with Crippen LogP contribution < -0.4 is 6.15 Å². The molecular weight excluding hydrogens is 386 g/mol. The average molecular weight is 416 g/mol. The summed E-state index contributed by atoms with van der Waals surface area (Å²) in [6.07, 6.45) is 1.71. The molecule has 3 rings (SSSR count). The number of hydrogen-bond donors (Lipinski definition) is 2. The normalized spacial score (nSPS) is 11.0. The zero-order valence-corrected chi connectivity index (χ0v) is 18.5. The molecule has 1 atom stereocenters. The summed E-state index contributed by atoms with van der Waals surface area (Å²) < 4.78 is 0. The van der Waals surface area contributed by atoms with Crippen LogP contribution in [0.2, 0.25) is 0 Å². The van der Waals surface area contributed by atoms with Gasteiger partial charge < -0.3 is 11.3 Å². The maximum Gasteiger partial charge on any atom is 0.116 e. The molecule has 1 unspecified atom stereocenters. The number of hydrogen-bond acceptors (Lipinski definition) is 3. The van der Waals surface area contributed by atoms with Gasteiger partial charge in [-0.15, -0.1) is 0 Å². The van der Waals surface area contributed by atoms with E-state index in [1.54, 1.807) is 17.8 Å². The van der Waals surface area contributed by atoms with Crippen molar-refractivity contribution in [2.45, 2.75) is 37.5 Å². The Labute approximate surface area is 184 Å². The van der Waals surface area contributed by atoms with Crippen molar-refractivity contribution in [3.05, 3.63) is 107 Å². The highest BCUT2D eigenvalue weighted by Gasteiger charge is 2.18. The summed E-state index contributed by atoms with van der Waals surface area (Å²) in [5.74, 6) is 6.82. The molecule has 0 heterocycles. The standard InChI is InChI=1S/C27H26OS.H3N/c1-4-5-10-22-11-9-12-23(17-22)18-26(24-13-7-6-8-14-24)21(3)29-27-19-25(28)16-15-20(27)2;/h6-9,11-17,19,26,28H,3-4,18H2,1-2H3;1H3. The van der Waals surface area contributed by atoms with Crippen molar-refractivity contribution < 1.29 is 5.11 Å². The first-order valence-electron chi connectivity index (χ1n) is 9.86. The van der Waals surface area contributed by atoms with Gasteiger partial charge in [0.1, 0.15) is 5.75 Å². The van der Waals surface area contributed by atoms with Gasteiger partial charge in [0.05, 0.1) is 0 Å². The molecule has 3 heteroatoms. The number of phenols is 1. The summed E-state index contributed by atoms with van der Waals surface area (Å²) in [5.41, 5.74) is 4.68. The van der Waals surface area contributed by atoms with E-state index in [9.17, 15) is 5.11 Å². The van der Waals surface area contributed by atoms with Gasteiger partial charge in [-0.1, -0.05) is 85.6 Å². The third-order valence-electron chi connectivity index (χ3n) is 4.78. The van der Waals surface area contributed by atoms with Crippen molar-refractivity contribution in [2.24, 2.45) is 0 Å². The smallest absolute Gasteiger partial charge is 0.116 e. The first-order valence-corrected chi connectivity index (χ1v) is 10.7. The first-order chi connectivity index (χ1) is 14.1. The van der Waals surface area contributed by atoms with Gasteiger partial charge in [0, 0.05) is 22.8 Å². The van der Waals surface area contributed by atoms with E-state index in [0.29, 0.717) is 0 Å². The number of phenolic OH excluding ortho intramolecular Hbond substituents is 1. The maximum absolute atomic E-state index is 9.89. The molecule has 3 aromatic carbocycles. The van der Waals surface area contributed by atoms with Gasteiger partial charge in [-0.2, -0.15) is 0 Å². The van der Waals surface area contributed by atoms with Gasteiger partial charge >= 0.3 is 0 Å². The summed E-state index contributed by atoms with van der Waals surface area (Å²) in [6, 6.07) is 24.4. The fraction of sp³-hybridized carbons (Fsp3) is 0.185. The topological polar surface area (TPSA) is 55.2 Å². The predicted octanol–water partition coefficient (Wildman–Crippen LogP) is 7.26. The fourth-order valence-electron chi connectivity index (χ4n) is 3.22. The minimum atomic E-state index is 0. The van der Waals surface area contributed by atoms with Crippen LogP contribution in [0.1, 0.15) is 41.5 Å². The average Bonchev–Trinajstić information content (AvgIpc) is 2.74. The second kappa shape index (κ2) is 11.3. The number of aryl methyl sites for hydroxylation is 1. The zero-order chi connectivity index (χ0) is 20.6. The van der Waals surface area contributed by atoms with Crippen LogP contribution in [-0.4, -0.2) is 5.11 Å². The monoisotopic (exact) mass is 415 g/mol. The summed E-state index contributed by atoms with van der Waals surface area (Å²) in [7, 11) is 0. The molecule has 0 saturated carbocycles. The van der Waals surface area contributed by atoms with Crippen LogP contribution in [-0.2, 0) is 6.42 Å². The van der Waals surface area contributed by atoms with Crippen LogP contribution >= 0.6 is 11.8 Å². The predicted molar refractivity (Wildman–Crippen MR) is 129 cm³/mol. The van der Waals surface area contributed by atoms with Gasteiger partial charge in [-0.3, -0.25) is 0 Å². The van der Waals surface area contributed by atoms with E-state index in [-0.39, 0.29) is 17.8 Å². The molecular formula is C27H29NOS. The van der Waals surface area contributed by atoms with Crippen LogP contribution in [0, 0.1) is 18.8 Å². The van der Waals surface area contributed by atoms with Crippen LogP contribution in [0.15, 0.2) is 89.2 Å². The Morgan fingerprint density at radius 1 is 1.03 bits per heavy atom. The van der Waals surface area contributed by atoms with Crippen molar-refractivity contribution in [1.29, 1.82) is 0 Å². The molecule has 0 radical (unpaired) electrons. The summed E-state index contributed by atoms with van der Waals surface area (Å²) in [5, 5.41) is 9.89. The highest BCUT2D eigenvalue weighted by molar-refractivity contribution is 8.03. The summed E-state index contributed by atoms with van der Waals surface area (Å²) in [4.78, 5) is 2.11. The number of allylic oxidation sites excluding steroid dienone is 1. The fourth-order valence-corrected chi connectivity index (χ4v) is 4.27. The molecule has 0 aliphatic heterocycles. The largest absolute Gasteiger partial charge is 0.508 e. The van der Waals surface area contributed by atoms with E-state index >= 15 is 0 Å². The van der Waals surface area contributed by atoms with Gasteiger partial charge in [0.2, 0.25) is 0 Å². The SMILES string of the molecule is C=C(Sc1cc(O)ccc1C)C(Cc1cccc(C#CCC)c1)c1ccccc1.N. The van der Waals surface area contributed by atoms with E-state index in [1.165, 1.54) is 11.1 Å². The molecule has 3 aromatic rings. The molecule has 0 bridgehead atoms. The molecule has 0 aromatic heterocycles. The van der Waals surface area contributed by atoms with Crippen LogP contribution in [0.4, 0.5) is 0 Å². The lowest BCUT2D eigenvalue weighted by Gasteiger charge is -2.21. The van der Waals surface area contributed by atoms with Crippen molar-refractivity contribution in [1.82, 2.24) is 6.15 Å². The quantitative estimate of drug-likeness (QED) is 0.329. The Balaban J connectivity index is 0.00000320. The van der Waals surface area contributed by atoms with Crippen molar-refractivity contribution in [3.8, 4) is 17.6 Å². The van der Waals surface area contributed by atoms with E-state index in [0.717, 1.165) is 33.8 Å². The Morgan fingerprint density at radius 2 is 1.80 bits per heavy atom. The van der Waals surface area contributed by atoms with E-state index in [2.05, 4.69) is 80.8 Å². The lowest BCUT2D eigenvalue weighted by Crippen LogP contribution is -2.05. The third kappa shape index (κ3) is 6.29. The number of aromatic hydroxyl groups is 1. The van der Waals surface area contributed by atoms with E-state index < -0.39 is 0 Å². The number of benzene rings is 3. The van der Waals surface area contributed by atoms with Crippen molar-refractivity contribution >= 4 is 11.8 Å². The highest BCUT2D eigenvalue weighted by atomic mass is 32.2. The minimum Gasteiger partial charge on any atom is -0.508 e. The number of rotatable bonds is 6. The Morgan fingerprint density at radius 3 is 2.53 bits per heavy atom. The van der Waals surface area contributed by atoms with Gasteiger partial charge in [-0.25, -0.2) is 0 Å². The third-order valence-corrected chi connectivity index (χ3v) is 5.99. The lowest BCUT2D eigenvalue weighted by molar-refractivity contribution is 0.473. The van der Waals surface area contributed by atoms with Gasteiger partial charge in [-0.05, 0) is 59.2 Å². The Kier molecular flexibility index (Phi) is 8.80. The molecule has 0 aliphatic carbocycles. The summed E-state index contributed by atoms with van der Waals surface area (Å²) in [6.45, 7) is 8.54. The van der Waals surface area contributed by atoms with E-state index in [4.69, 9.17) is 0 Å². The van der Waals surface area contributed by atoms with Gasteiger partial charge in [0.15, 0.2) is 0 Å². The van der Waals surface area contributed by atoms with Crippen molar-refractivity contribution in [2.75, 3.05) is 0 Å².